The summed E-state index contributed by atoms with van der Waals surface area (Å²) >= 11 is 0. The van der Waals surface area contributed by atoms with Gasteiger partial charge in [0.25, 0.3) is 5.56 Å². The molecule has 1 saturated heterocycles. The topological polar surface area (TPSA) is 37.3 Å². The van der Waals surface area contributed by atoms with E-state index in [1.807, 2.05) is 0 Å². The number of piperidine rings is 1. The number of nitrogens with zero attached hydrogens (tertiary/aromatic N) is 2. The summed E-state index contributed by atoms with van der Waals surface area (Å²) in [5, 5.41) is 3.52. The van der Waals surface area contributed by atoms with E-state index in [0.717, 1.165) is 57.7 Å². The third-order valence-corrected chi connectivity index (χ3v) is 6.49. The van der Waals surface area contributed by atoms with Crippen LogP contribution in [0.25, 0.3) is 0 Å². The highest BCUT2D eigenvalue weighted by atomic mass is 16.1. The summed E-state index contributed by atoms with van der Waals surface area (Å²) in [7, 11) is 0. The standard InChI is InChI=1S/C22H27N3O/c26-22-19(5-6-21-20-11-16(12-23-13-20)14-25(21)22)15-24-9-7-17-3-1-2-4-18(17)8-10-24/h1-6,16,20,23H,7-15H2/t16-,20+/m0/s1. The normalized spacial score (nSPS) is 25.2. The Hall–Kier alpha value is -1.91. The Morgan fingerprint density at radius 1 is 1.00 bits per heavy atom. The number of nitrogens with one attached hydrogen (secondary N) is 1. The average molecular weight is 349 g/mol. The maximum Gasteiger partial charge on any atom is 0.255 e. The van der Waals surface area contributed by atoms with Crippen LogP contribution in [-0.4, -0.2) is 35.6 Å². The predicted octanol–water partition coefficient (Wildman–Crippen LogP) is 2.16. The van der Waals surface area contributed by atoms with Crippen molar-refractivity contribution in [1.82, 2.24) is 14.8 Å². The van der Waals surface area contributed by atoms with E-state index in [1.54, 1.807) is 0 Å². The first-order valence-electron chi connectivity index (χ1n) is 10.0. The molecule has 136 valence electrons. The summed E-state index contributed by atoms with van der Waals surface area (Å²) in [6.45, 7) is 5.80. The van der Waals surface area contributed by atoms with Gasteiger partial charge in [0.2, 0.25) is 0 Å². The van der Waals surface area contributed by atoms with Crippen LogP contribution >= 0.6 is 0 Å². The van der Waals surface area contributed by atoms with Crippen molar-refractivity contribution in [2.45, 2.75) is 38.3 Å². The number of pyridine rings is 1. The van der Waals surface area contributed by atoms with Gasteiger partial charge in [-0.2, -0.15) is 0 Å². The van der Waals surface area contributed by atoms with Crippen molar-refractivity contribution in [1.29, 1.82) is 0 Å². The SMILES string of the molecule is O=c1c(CN2CCc3ccccc3CC2)ccc2n1C[C@@H]1CNC[C@H]2C1. The van der Waals surface area contributed by atoms with E-state index in [-0.39, 0.29) is 5.56 Å². The molecular formula is C22H27N3O. The quantitative estimate of drug-likeness (QED) is 0.903. The van der Waals surface area contributed by atoms with Crippen LogP contribution in [0, 0.1) is 5.92 Å². The number of aromatic nitrogens is 1. The Kier molecular flexibility index (Phi) is 4.18. The highest BCUT2D eigenvalue weighted by Crippen LogP contribution is 2.31. The summed E-state index contributed by atoms with van der Waals surface area (Å²) in [5.41, 5.74) is 5.40. The molecule has 0 amide bonds. The van der Waals surface area contributed by atoms with Crippen molar-refractivity contribution in [3.8, 4) is 0 Å². The fourth-order valence-corrected chi connectivity index (χ4v) is 5.07. The van der Waals surface area contributed by atoms with Crippen LogP contribution in [0.2, 0.25) is 0 Å². The summed E-state index contributed by atoms with van der Waals surface area (Å²) in [4.78, 5) is 15.6. The second-order valence-electron chi connectivity index (χ2n) is 8.20. The molecule has 4 heteroatoms. The van der Waals surface area contributed by atoms with Gasteiger partial charge in [-0.1, -0.05) is 30.3 Å². The number of benzene rings is 1. The number of hydrogen-bond donors (Lipinski definition) is 1. The van der Waals surface area contributed by atoms with Crippen LogP contribution in [-0.2, 0) is 25.9 Å². The minimum absolute atomic E-state index is 0.251. The van der Waals surface area contributed by atoms with Crippen LogP contribution in [0.4, 0.5) is 0 Å². The van der Waals surface area contributed by atoms with E-state index < -0.39 is 0 Å². The summed E-state index contributed by atoms with van der Waals surface area (Å²) in [6, 6.07) is 13.1. The molecule has 2 atom stereocenters. The number of fused-ring (bicyclic) bond motifs is 5. The first-order chi connectivity index (χ1) is 12.8. The van der Waals surface area contributed by atoms with Gasteiger partial charge in [-0.3, -0.25) is 9.69 Å². The van der Waals surface area contributed by atoms with Crippen LogP contribution in [0.1, 0.15) is 34.7 Å². The van der Waals surface area contributed by atoms with Crippen molar-refractivity contribution in [2.24, 2.45) is 5.92 Å². The lowest BCUT2D eigenvalue weighted by molar-refractivity contribution is 0.251. The minimum atomic E-state index is 0.251. The molecular weight excluding hydrogens is 322 g/mol. The van der Waals surface area contributed by atoms with Crippen LogP contribution in [0.3, 0.4) is 0 Å². The number of rotatable bonds is 2. The molecule has 2 bridgehead atoms. The van der Waals surface area contributed by atoms with Gasteiger partial charge in [0.15, 0.2) is 0 Å². The molecule has 1 fully saturated rings. The van der Waals surface area contributed by atoms with Gasteiger partial charge in [-0.05, 0) is 48.9 Å². The first-order valence-corrected chi connectivity index (χ1v) is 10.0. The fraction of sp³-hybridized carbons (Fsp3) is 0.500. The highest BCUT2D eigenvalue weighted by Gasteiger charge is 2.31. The van der Waals surface area contributed by atoms with Crippen molar-refractivity contribution in [3.05, 3.63) is 69.1 Å². The molecule has 0 radical (unpaired) electrons. The molecule has 1 aromatic carbocycles. The van der Waals surface area contributed by atoms with E-state index in [9.17, 15) is 4.79 Å². The maximum absolute atomic E-state index is 13.1. The van der Waals surface area contributed by atoms with E-state index in [1.165, 1.54) is 23.2 Å². The summed E-state index contributed by atoms with van der Waals surface area (Å²) < 4.78 is 2.08. The van der Waals surface area contributed by atoms with Crippen molar-refractivity contribution < 1.29 is 0 Å². The minimum Gasteiger partial charge on any atom is -0.316 e. The van der Waals surface area contributed by atoms with Gasteiger partial charge in [0.1, 0.15) is 0 Å². The Balaban J connectivity index is 1.37. The van der Waals surface area contributed by atoms with E-state index in [4.69, 9.17) is 0 Å². The molecule has 4 nitrogen and oxygen atoms in total. The third kappa shape index (κ3) is 2.91. The van der Waals surface area contributed by atoms with E-state index in [2.05, 4.69) is 51.2 Å². The monoisotopic (exact) mass is 349 g/mol. The molecule has 3 aliphatic rings. The van der Waals surface area contributed by atoms with Gasteiger partial charge in [0, 0.05) is 49.9 Å². The predicted molar refractivity (Wildman–Crippen MR) is 104 cm³/mol. The van der Waals surface area contributed by atoms with Crippen molar-refractivity contribution in [2.75, 3.05) is 26.2 Å². The zero-order valence-electron chi connectivity index (χ0n) is 15.3. The van der Waals surface area contributed by atoms with Crippen LogP contribution in [0.15, 0.2) is 41.2 Å². The Bertz CT molecular complexity index is 845. The highest BCUT2D eigenvalue weighted by molar-refractivity contribution is 5.29. The second kappa shape index (κ2) is 6.67. The zero-order valence-corrected chi connectivity index (χ0v) is 15.3. The lowest BCUT2D eigenvalue weighted by Gasteiger charge is -2.37. The molecule has 0 saturated carbocycles. The Morgan fingerprint density at radius 2 is 1.77 bits per heavy atom. The van der Waals surface area contributed by atoms with Gasteiger partial charge in [-0.15, -0.1) is 0 Å². The summed E-state index contributed by atoms with van der Waals surface area (Å²) in [5.74, 6) is 1.12. The van der Waals surface area contributed by atoms with E-state index >= 15 is 0 Å². The van der Waals surface area contributed by atoms with Gasteiger partial charge >= 0.3 is 0 Å². The van der Waals surface area contributed by atoms with E-state index in [0.29, 0.717) is 11.8 Å². The maximum atomic E-state index is 13.1. The largest absolute Gasteiger partial charge is 0.316 e. The fourth-order valence-electron chi connectivity index (χ4n) is 5.07. The molecule has 1 N–H and O–H groups in total. The molecule has 4 heterocycles. The van der Waals surface area contributed by atoms with Crippen molar-refractivity contribution >= 4 is 0 Å². The molecule has 0 aliphatic carbocycles. The molecule has 5 rings (SSSR count). The Labute approximate surface area is 154 Å². The van der Waals surface area contributed by atoms with Gasteiger partial charge in [0.05, 0.1) is 0 Å². The smallest absolute Gasteiger partial charge is 0.255 e. The Morgan fingerprint density at radius 3 is 2.54 bits per heavy atom. The number of hydrogen-bond acceptors (Lipinski definition) is 3. The third-order valence-electron chi connectivity index (χ3n) is 6.49. The van der Waals surface area contributed by atoms with Gasteiger partial charge < -0.3 is 9.88 Å². The second-order valence-corrected chi connectivity index (χ2v) is 8.20. The molecule has 3 aliphatic heterocycles. The lowest BCUT2D eigenvalue weighted by Crippen LogP contribution is -2.45. The van der Waals surface area contributed by atoms with Gasteiger partial charge in [-0.25, -0.2) is 0 Å². The first kappa shape index (κ1) is 16.3. The molecule has 0 unspecified atom stereocenters. The van der Waals surface area contributed by atoms with Crippen LogP contribution in [0.5, 0.6) is 0 Å². The van der Waals surface area contributed by atoms with Crippen LogP contribution < -0.4 is 10.9 Å². The van der Waals surface area contributed by atoms with Crippen molar-refractivity contribution in [3.63, 3.8) is 0 Å². The lowest BCUT2D eigenvalue weighted by atomic mass is 9.84. The molecule has 2 aromatic rings. The molecule has 0 spiro atoms. The average Bonchev–Trinajstić information content (AvgIpc) is 2.87. The zero-order chi connectivity index (χ0) is 17.5. The summed E-state index contributed by atoms with van der Waals surface area (Å²) in [6.07, 6.45) is 3.40. The molecule has 26 heavy (non-hydrogen) atoms. The molecule has 1 aromatic heterocycles.